The molecule has 4 aromatic rings. The van der Waals surface area contributed by atoms with Gasteiger partial charge in [-0.05, 0) is 86.5 Å². The predicted octanol–water partition coefficient (Wildman–Crippen LogP) is 6.29. The number of amides is 1. The van der Waals surface area contributed by atoms with E-state index in [9.17, 15) is 4.79 Å². The Kier molecular flexibility index (Phi) is 5.78. The summed E-state index contributed by atoms with van der Waals surface area (Å²) in [6, 6.07) is 16.1. The van der Waals surface area contributed by atoms with E-state index in [1.807, 2.05) is 18.2 Å². The van der Waals surface area contributed by atoms with Crippen molar-refractivity contribution in [2.45, 2.75) is 0 Å². The highest BCUT2D eigenvalue weighted by Crippen LogP contribution is 2.32. The minimum Gasteiger partial charge on any atom is -0.496 e. The molecule has 1 aromatic heterocycles. The highest BCUT2D eigenvalue weighted by atomic mass is 79.9. The van der Waals surface area contributed by atoms with E-state index in [1.165, 1.54) is 0 Å². The zero-order chi connectivity index (χ0) is 21.3. The summed E-state index contributed by atoms with van der Waals surface area (Å²) in [5.74, 6) is 1.63. The van der Waals surface area contributed by atoms with Gasteiger partial charge in [-0.2, -0.15) is 0 Å². The lowest BCUT2D eigenvalue weighted by molar-refractivity contribution is 0.102. The van der Waals surface area contributed by atoms with E-state index in [-0.39, 0.29) is 5.91 Å². The maximum absolute atomic E-state index is 12.6. The number of aromatic nitrogens is 1. The van der Waals surface area contributed by atoms with Gasteiger partial charge in [-0.3, -0.25) is 4.79 Å². The van der Waals surface area contributed by atoms with Crippen molar-refractivity contribution >= 4 is 54.6 Å². The summed E-state index contributed by atoms with van der Waals surface area (Å²) in [7, 11) is 3.19. The highest BCUT2D eigenvalue weighted by molar-refractivity contribution is 9.10. The fourth-order valence-electron chi connectivity index (χ4n) is 2.94. The van der Waals surface area contributed by atoms with Crippen LogP contribution in [0.3, 0.4) is 0 Å². The van der Waals surface area contributed by atoms with Gasteiger partial charge in [0, 0.05) is 16.8 Å². The second-order valence-electron chi connectivity index (χ2n) is 6.35. The molecule has 0 saturated heterocycles. The minimum atomic E-state index is -0.236. The molecule has 30 heavy (non-hydrogen) atoms. The molecule has 6 nitrogen and oxygen atoms in total. The van der Waals surface area contributed by atoms with E-state index in [0.717, 1.165) is 15.8 Å². The molecule has 0 fully saturated rings. The van der Waals surface area contributed by atoms with E-state index < -0.39 is 0 Å². The SMILES string of the molecule is COc1ccc(C(=O)Nc2ccc3oc(-c4ccc(OC)c(Br)c4)nc3c2)cc1Br. The summed E-state index contributed by atoms with van der Waals surface area (Å²) in [5.41, 5.74) is 3.21. The molecular weight excluding hydrogens is 516 g/mol. The number of hydrogen-bond donors (Lipinski definition) is 1. The number of benzene rings is 3. The van der Waals surface area contributed by atoms with Crippen molar-refractivity contribution in [3.05, 3.63) is 69.1 Å². The third kappa shape index (κ3) is 4.06. The van der Waals surface area contributed by atoms with Gasteiger partial charge in [0.15, 0.2) is 5.58 Å². The second kappa shape index (κ2) is 8.49. The number of methoxy groups -OCH3 is 2. The fraction of sp³-hybridized carbons (Fsp3) is 0.0909. The predicted molar refractivity (Wildman–Crippen MR) is 122 cm³/mol. The number of oxazole rings is 1. The molecule has 0 aliphatic heterocycles. The van der Waals surface area contributed by atoms with Gasteiger partial charge in [0.1, 0.15) is 17.0 Å². The molecule has 0 unspecified atom stereocenters. The summed E-state index contributed by atoms with van der Waals surface area (Å²) in [6.07, 6.45) is 0. The van der Waals surface area contributed by atoms with Crippen molar-refractivity contribution in [1.29, 1.82) is 0 Å². The van der Waals surface area contributed by atoms with Crippen molar-refractivity contribution in [1.82, 2.24) is 4.98 Å². The first-order valence-electron chi connectivity index (χ1n) is 8.88. The van der Waals surface area contributed by atoms with E-state index in [4.69, 9.17) is 13.9 Å². The first kappa shape index (κ1) is 20.4. The number of nitrogens with zero attached hydrogens (tertiary/aromatic N) is 1. The number of nitrogens with one attached hydrogen (secondary N) is 1. The van der Waals surface area contributed by atoms with Gasteiger partial charge >= 0.3 is 0 Å². The normalized spacial score (nSPS) is 10.8. The highest BCUT2D eigenvalue weighted by Gasteiger charge is 2.13. The summed E-state index contributed by atoms with van der Waals surface area (Å²) >= 11 is 6.86. The second-order valence-corrected chi connectivity index (χ2v) is 8.06. The summed E-state index contributed by atoms with van der Waals surface area (Å²) in [5, 5.41) is 2.88. The first-order valence-corrected chi connectivity index (χ1v) is 10.5. The number of carbonyl (C=O) groups is 1. The number of halogens is 2. The van der Waals surface area contributed by atoms with Crippen LogP contribution in [0, 0.1) is 0 Å². The van der Waals surface area contributed by atoms with Crippen LogP contribution in [-0.4, -0.2) is 25.1 Å². The molecule has 1 amide bonds. The lowest BCUT2D eigenvalue weighted by atomic mass is 10.2. The topological polar surface area (TPSA) is 73.6 Å². The van der Waals surface area contributed by atoms with Crippen molar-refractivity contribution in [3.63, 3.8) is 0 Å². The molecule has 1 heterocycles. The van der Waals surface area contributed by atoms with E-state index in [0.29, 0.717) is 38.5 Å². The van der Waals surface area contributed by atoms with Crippen molar-refractivity contribution in [2.24, 2.45) is 0 Å². The Labute approximate surface area is 189 Å². The van der Waals surface area contributed by atoms with Crippen LogP contribution in [0.1, 0.15) is 10.4 Å². The lowest BCUT2D eigenvalue weighted by Gasteiger charge is -2.07. The monoisotopic (exact) mass is 530 g/mol. The number of carbonyl (C=O) groups excluding carboxylic acids is 1. The molecule has 0 radical (unpaired) electrons. The molecule has 0 aliphatic carbocycles. The van der Waals surface area contributed by atoms with Crippen LogP contribution in [0.2, 0.25) is 0 Å². The molecule has 4 rings (SSSR count). The molecule has 1 N–H and O–H groups in total. The van der Waals surface area contributed by atoms with Crippen LogP contribution in [0.25, 0.3) is 22.6 Å². The van der Waals surface area contributed by atoms with Gasteiger partial charge in [-0.1, -0.05) is 0 Å². The molecule has 8 heteroatoms. The van der Waals surface area contributed by atoms with Crippen LogP contribution < -0.4 is 14.8 Å². The van der Waals surface area contributed by atoms with Gasteiger partial charge in [-0.25, -0.2) is 4.98 Å². The summed E-state index contributed by atoms with van der Waals surface area (Å²) < 4.78 is 17.8. The van der Waals surface area contributed by atoms with Crippen molar-refractivity contribution in [3.8, 4) is 23.0 Å². The number of anilines is 1. The van der Waals surface area contributed by atoms with Crippen LogP contribution in [0.5, 0.6) is 11.5 Å². The van der Waals surface area contributed by atoms with Crippen LogP contribution >= 0.6 is 31.9 Å². The third-order valence-corrected chi connectivity index (χ3v) is 5.70. The van der Waals surface area contributed by atoms with Gasteiger partial charge in [0.2, 0.25) is 5.89 Å². The minimum absolute atomic E-state index is 0.236. The molecule has 3 aromatic carbocycles. The molecule has 152 valence electrons. The Morgan fingerprint density at radius 1 is 0.933 bits per heavy atom. The Hall–Kier alpha value is -2.84. The van der Waals surface area contributed by atoms with Crippen molar-refractivity contribution < 1.29 is 18.7 Å². The van der Waals surface area contributed by atoms with E-state index >= 15 is 0 Å². The van der Waals surface area contributed by atoms with Gasteiger partial charge in [0.25, 0.3) is 5.91 Å². The number of ether oxygens (including phenoxy) is 2. The maximum atomic E-state index is 12.6. The van der Waals surface area contributed by atoms with Crippen molar-refractivity contribution in [2.75, 3.05) is 19.5 Å². The Balaban J connectivity index is 1.58. The summed E-state index contributed by atoms with van der Waals surface area (Å²) in [4.78, 5) is 17.1. The smallest absolute Gasteiger partial charge is 0.255 e. The van der Waals surface area contributed by atoms with Crippen LogP contribution in [0.4, 0.5) is 5.69 Å². The number of fused-ring (bicyclic) bond motifs is 1. The van der Waals surface area contributed by atoms with Crippen LogP contribution in [-0.2, 0) is 0 Å². The lowest BCUT2D eigenvalue weighted by Crippen LogP contribution is -2.11. The van der Waals surface area contributed by atoms with Crippen LogP contribution in [0.15, 0.2) is 68.0 Å². The largest absolute Gasteiger partial charge is 0.496 e. The fourth-order valence-corrected chi connectivity index (χ4v) is 4.02. The summed E-state index contributed by atoms with van der Waals surface area (Å²) in [6.45, 7) is 0. The number of rotatable bonds is 5. The van der Waals surface area contributed by atoms with Gasteiger partial charge < -0.3 is 19.2 Å². The Morgan fingerprint density at radius 2 is 1.63 bits per heavy atom. The molecule has 0 bridgehead atoms. The third-order valence-electron chi connectivity index (χ3n) is 4.46. The zero-order valence-electron chi connectivity index (χ0n) is 16.0. The molecular formula is C22H16Br2N2O4. The molecule has 0 spiro atoms. The molecule has 0 saturated carbocycles. The first-order chi connectivity index (χ1) is 14.5. The zero-order valence-corrected chi connectivity index (χ0v) is 19.2. The average Bonchev–Trinajstić information content (AvgIpc) is 3.17. The average molecular weight is 532 g/mol. The van der Waals surface area contributed by atoms with Gasteiger partial charge in [0.05, 0.1) is 23.2 Å². The standard InChI is InChI=1S/C22H16Br2N2O4/c1-28-18-6-3-12(9-15(18)23)21(27)25-14-5-8-20-17(11-14)26-22(30-20)13-4-7-19(29-2)16(24)10-13/h3-11H,1-2H3,(H,25,27). The van der Waals surface area contributed by atoms with E-state index in [1.54, 1.807) is 50.6 Å². The number of hydrogen-bond acceptors (Lipinski definition) is 5. The molecule has 0 aliphatic rings. The van der Waals surface area contributed by atoms with Gasteiger partial charge in [-0.15, -0.1) is 0 Å². The Morgan fingerprint density at radius 3 is 2.30 bits per heavy atom. The maximum Gasteiger partial charge on any atom is 0.255 e. The van der Waals surface area contributed by atoms with E-state index in [2.05, 4.69) is 42.2 Å². The molecule has 0 atom stereocenters. The quantitative estimate of drug-likeness (QED) is 0.327. The Bertz CT molecular complexity index is 1250.